The van der Waals surface area contributed by atoms with Crippen LogP contribution >= 0.6 is 0 Å². The highest BCUT2D eigenvalue weighted by molar-refractivity contribution is 5.69. The fourth-order valence-electron chi connectivity index (χ4n) is 2.27. The second kappa shape index (κ2) is 7.02. The van der Waals surface area contributed by atoms with Crippen LogP contribution in [0.25, 0.3) is 0 Å². The quantitative estimate of drug-likeness (QED) is 0.590. The molecule has 2 N–H and O–H groups in total. The Morgan fingerprint density at radius 2 is 2.13 bits per heavy atom. The number of esters is 1. The summed E-state index contributed by atoms with van der Waals surface area (Å²) < 4.78 is 29.9. The molecule has 0 saturated carbocycles. The Balaban J connectivity index is 2.04. The molecule has 0 aromatic carbocycles. The summed E-state index contributed by atoms with van der Waals surface area (Å²) in [5, 5.41) is 20.1. The van der Waals surface area contributed by atoms with Gasteiger partial charge in [-0.15, -0.1) is 0 Å². The van der Waals surface area contributed by atoms with Crippen molar-refractivity contribution in [2.75, 3.05) is 25.6 Å². The van der Waals surface area contributed by atoms with E-state index in [1.165, 1.54) is 27.7 Å². The van der Waals surface area contributed by atoms with Crippen LogP contribution in [0.5, 0.6) is 0 Å². The maximum absolute atomic E-state index is 11.9. The summed E-state index contributed by atoms with van der Waals surface area (Å²) in [6.07, 6.45) is -2.07. The summed E-state index contributed by atoms with van der Waals surface area (Å²) in [6.45, 7) is -0.382. The predicted octanol–water partition coefficient (Wildman–Crippen LogP) is 0.245. The molecule has 23 heavy (non-hydrogen) atoms. The highest BCUT2D eigenvalue weighted by Crippen LogP contribution is 2.33. The van der Waals surface area contributed by atoms with Crippen LogP contribution in [0.1, 0.15) is 18.3 Å². The van der Waals surface area contributed by atoms with E-state index in [0.717, 1.165) is 0 Å². The van der Waals surface area contributed by atoms with Crippen molar-refractivity contribution in [3.63, 3.8) is 0 Å². The van der Waals surface area contributed by atoms with Gasteiger partial charge in [0, 0.05) is 13.5 Å². The molecule has 2 heterocycles. The molecule has 1 aliphatic heterocycles. The molecule has 2 atom stereocenters. The standard InChI is InChI=1S/C13H18F2N4O4/c1-17-11-10(12(21)18(2)13(17)22)19(7-16-11)6-9(20)23-5-3-4-8(14)15/h4,7,12-13,21-22H,3,5-6H2,1-2H3. The van der Waals surface area contributed by atoms with Crippen molar-refractivity contribution in [1.82, 2.24) is 14.5 Å². The van der Waals surface area contributed by atoms with Crippen molar-refractivity contribution in [3.8, 4) is 0 Å². The number of hydrogen-bond acceptors (Lipinski definition) is 7. The zero-order valence-corrected chi connectivity index (χ0v) is 12.7. The molecule has 8 nitrogen and oxygen atoms in total. The number of rotatable bonds is 5. The van der Waals surface area contributed by atoms with Gasteiger partial charge in [-0.05, 0) is 13.1 Å². The molecule has 1 aromatic rings. The number of imidazole rings is 1. The van der Waals surface area contributed by atoms with Crippen LogP contribution in [0, 0.1) is 0 Å². The van der Waals surface area contributed by atoms with Crippen molar-refractivity contribution in [3.05, 3.63) is 24.2 Å². The topological polar surface area (TPSA) is 91.1 Å². The molecular formula is C13H18F2N4O4. The van der Waals surface area contributed by atoms with Gasteiger partial charge in [-0.3, -0.25) is 4.79 Å². The molecule has 2 rings (SSSR count). The van der Waals surface area contributed by atoms with Crippen molar-refractivity contribution in [1.29, 1.82) is 0 Å². The lowest BCUT2D eigenvalue weighted by molar-refractivity contribution is -0.144. The van der Waals surface area contributed by atoms with E-state index in [9.17, 15) is 23.8 Å². The molecule has 0 amide bonds. The first-order chi connectivity index (χ1) is 10.8. The molecule has 10 heteroatoms. The van der Waals surface area contributed by atoms with Gasteiger partial charge in [-0.25, -0.2) is 9.88 Å². The Bertz CT molecular complexity index is 603. The number of hydrogen-bond donors (Lipinski definition) is 2. The average molecular weight is 332 g/mol. The van der Waals surface area contributed by atoms with Crippen LogP contribution in [0.15, 0.2) is 18.5 Å². The number of aliphatic hydroxyl groups excluding tert-OH is 2. The normalized spacial score (nSPS) is 21.0. The van der Waals surface area contributed by atoms with E-state index in [1.54, 1.807) is 7.05 Å². The Kier molecular flexibility index (Phi) is 5.29. The molecule has 0 radical (unpaired) electrons. The van der Waals surface area contributed by atoms with E-state index in [0.29, 0.717) is 17.6 Å². The van der Waals surface area contributed by atoms with Crippen LogP contribution < -0.4 is 4.90 Å². The monoisotopic (exact) mass is 332 g/mol. The summed E-state index contributed by atoms with van der Waals surface area (Å²) in [4.78, 5) is 18.5. The minimum atomic E-state index is -1.82. The van der Waals surface area contributed by atoms with Crippen LogP contribution in [0.3, 0.4) is 0 Å². The SMILES string of the molecule is CN1c2ncn(CC(=O)OCCC=C(F)F)c2C(O)N(C)C1O. The number of anilines is 1. The third kappa shape index (κ3) is 3.66. The minimum absolute atomic E-state index is 0.0730. The van der Waals surface area contributed by atoms with Crippen LogP contribution in [-0.2, 0) is 16.1 Å². The fourth-order valence-corrected chi connectivity index (χ4v) is 2.27. The number of ether oxygens (including phenoxy) is 1. The first kappa shape index (κ1) is 17.3. The van der Waals surface area contributed by atoms with Crippen molar-refractivity contribution >= 4 is 11.8 Å². The Morgan fingerprint density at radius 1 is 1.43 bits per heavy atom. The number of carbonyl (C=O) groups is 1. The summed E-state index contributed by atoms with van der Waals surface area (Å²) in [5.74, 6) is -0.292. The number of aliphatic hydroxyl groups is 2. The van der Waals surface area contributed by atoms with Gasteiger partial charge in [-0.1, -0.05) is 0 Å². The Hall–Kier alpha value is -2.04. The third-order valence-electron chi connectivity index (χ3n) is 3.51. The predicted molar refractivity (Wildman–Crippen MR) is 75.2 cm³/mol. The van der Waals surface area contributed by atoms with E-state index in [4.69, 9.17) is 4.74 Å². The lowest BCUT2D eigenvalue weighted by atomic mass is 10.2. The second-order valence-electron chi connectivity index (χ2n) is 5.08. The summed E-state index contributed by atoms with van der Waals surface area (Å²) in [5.41, 5.74) is 0.340. The maximum atomic E-state index is 11.9. The smallest absolute Gasteiger partial charge is 0.326 e. The fraction of sp³-hybridized carbons (Fsp3) is 0.538. The zero-order chi connectivity index (χ0) is 17.1. The van der Waals surface area contributed by atoms with E-state index in [2.05, 4.69) is 4.98 Å². The Labute approximate surface area is 131 Å². The molecule has 0 fully saturated rings. The number of halogens is 2. The molecule has 0 spiro atoms. The molecule has 0 saturated heterocycles. The third-order valence-corrected chi connectivity index (χ3v) is 3.51. The zero-order valence-electron chi connectivity index (χ0n) is 12.7. The molecule has 2 unspecified atom stereocenters. The maximum Gasteiger partial charge on any atom is 0.326 e. The van der Waals surface area contributed by atoms with Gasteiger partial charge in [0.25, 0.3) is 6.08 Å². The number of nitrogens with zero attached hydrogens (tertiary/aromatic N) is 4. The van der Waals surface area contributed by atoms with Gasteiger partial charge >= 0.3 is 5.97 Å². The molecule has 1 aliphatic rings. The van der Waals surface area contributed by atoms with Gasteiger partial charge in [-0.2, -0.15) is 8.78 Å². The first-order valence-electron chi connectivity index (χ1n) is 6.85. The lowest BCUT2D eigenvalue weighted by Crippen LogP contribution is -2.51. The molecule has 0 aliphatic carbocycles. The van der Waals surface area contributed by atoms with E-state index < -0.39 is 24.6 Å². The van der Waals surface area contributed by atoms with Gasteiger partial charge in [0.2, 0.25) is 0 Å². The van der Waals surface area contributed by atoms with E-state index in [1.807, 2.05) is 0 Å². The number of aromatic nitrogens is 2. The van der Waals surface area contributed by atoms with Crippen LogP contribution in [0.2, 0.25) is 0 Å². The summed E-state index contributed by atoms with van der Waals surface area (Å²) in [6, 6.07) is 0. The van der Waals surface area contributed by atoms with Crippen molar-refractivity contribution < 1.29 is 28.5 Å². The second-order valence-corrected chi connectivity index (χ2v) is 5.08. The van der Waals surface area contributed by atoms with E-state index >= 15 is 0 Å². The largest absolute Gasteiger partial charge is 0.464 e. The molecule has 128 valence electrons. The van der Waals surface area contributed by atoms with Gasteiger partial charge in [0.05, 0.1) is 12.9 Å². The molecule has 1 aromatic heterocycles. The molecular weight excluding hydrogens is 314 g/mol. The van der Waals surface area contributed by atoms with Crippen molar-refractivity contribution in [2.45, 2.75) is 25.5 Å². The van der Waals surface area contributed by atoms with Gasteiger partial charge in [0.15, 0.2) is 18.4 Å². The minimum Gasteiger partial charge on any atom is -0.464 e. The highest BCUT2D eigenvalue weighted by Gasteiger charge is 2.37. The van der Waals surface area contributed by atoms with Crippen LogP contribution in [-0.4, -0.2) is 57.7 Å². The lowest BCUT2D eigenvalue weighted by Gasteiger charge is -2.39. The Morgan fingerprint density at radius 3 is 2.78 bits per heavy atom. The summed E-state index contributed by atoms with van der Waals surface area (Å²) >= 11 is 0. The van der Waals surface area contributed by atoms with Crippen LogP contribution in [0.4, 0.5) is 14.6 Å². The highest BCUT2D eigenvalue weighted by atomic mass is 19.3. The molecule has 0 bridgehead atoms. The van der Waals surface area contributed by atoms with E-state index in [-0.39, 0.29) is 19.6 Å². The average Bonchev–Trinajstić information content (AvgIpc) is 2.91. The van der Waals surface area contributed by atoms with Gasteiger partial charge in [0.1, 0.15) is 12.2 Å². The number of carbonyl (C=O) groups excluding carboxylic acids is 1. The summed E-state index contributed by atoms with van der Waals surface area (Å²) in [7, 11) is 3.11. The van der Waals surface area contributed by atoms with Crippen molar-refractivity contribution in [2.24, 2.45) is 0 Å². The first-order valence-corrected chi connectivity index (χ1v) is 6.85. The van der Waals surface area contributed by atoms with Gasteiger partial charge < -0.3 is 24.4 Å². The number of fused-ring (bicyclic) bond motifs is 1.